The van der Waals surface area contributed by atoms with Crippen molar-refractivity contribution in [1.29, 1.82) is 0 Å². The summed E-state index contributed by atoms with van der Waals surface area (Å²) >= 11 is 0. The Morgan fingerprint density at radius 3 is 2.27 bits per heavy atom. The zero-order chi connectivity index (χ0) is 29.8. The van der Waals surface area contributed by atoms with Crippen molar-refractivity contribution in [2.24, 2.45) is 0 Å². The van der Waals surface area contributed by atoms with Crippen LogP contribution in [0, 0.1) is 13.8 Å². The van der Waals surface area contributed by atoms with E-state index < -0.39 is 23.9 Å². The number of carboxylic acid groups (broad SMARTS) is 1. The summed E-state index contributed by atoms with van der Waals surface area (Å²) in [4.78, 5) is 41.2. The summed E-state index contributed by atoms with van der Waals surface area (Å²) in [6.45, 7) is 5.60. The molecule has 2 aliphatic rings. The highest BCUT2D eigenvalue weighted by molar-refractivity contribution is 5.94. The molecule has 2 aromatic carbocycles. The average Bonchev–Trinajstić information content (AvgIpc) is 3.25. The lowest BCUT2D eigenvalue weighted by molar-refractivity contribution is -0.192. The predicted molar refractivity (Wildman–Crippen MR) is 143 cm³/mol. The second-order valence-corrected chi connectivity index (χ2v) is 10.1. The van der Waals surface area contributed by atoms with Crippen molar-refractivity contribution in [3.8, 4) is 0 Å². The summed E-state index contributed by atoms with van der Waals surface area (Å²) in [6, 6.07) is 17.7. The van der Waals surface area contributed by atoms with Crippen LogP contribution in [0.1, 0.15) is 57.1 Å². The lowest BCUT2D eigenvalue weighted by atomic mass is 9.83. The first-order chi connectivity index (χ1) is 19.4. The maximum Gasteiger partial charge on any atom is 0.490 e. The maximum atomic E-state index is 13.2. The van der Waals surface area contributed by atoms with Crippen LogP contribution in [0.4, 0.5) is 13.2 Å². The Morgan fingerprint density at radius 2 is 1.68 bits per heavy atom. The van der Waals surface area contributed by atoms with Crippen molar-refractivity contribution in [3.63, 3.8) is 0 Å². The molecule has 1 unspecified atom stereocenters. The first-order valence-corrected chi connectivity index (χ1v) is 13.0. The highest BCUT2D eigenvalue weighted by Gasteiger charge is 2.49. The number of aryl methyl sites for hydroxylation is 2. The number of hydrogen-bond donors (Lipinski definition) is 2. The summed E-state index contributed by atoms with van der Waals surface area (Å²) < 4.78 is 38.3. The number of alkyl halides is 3. The quantitative estimate of drug-likeness (QED) is 0.465. The molecule has 0 aliphatic carbocycles. The van der Waals surface area contributed by atoms with E-state index in [1.807, 2.05) is 61.2 Å². The Bertz CT molecular complexity index is 1400. The molecule has 2 amide bonds. The van der Waals surface area contributed by atoms with E-state index in [1.165, 1.54) is 0 Å². The van der Waals surface area contributed by atoms with Crippen molar-refractivity contribution >= 4 is 17.8 Å². The van der Waals surface area contributed by atoms with Crippen molar-refractivity contribution in [2.45, 2.75) is 51.1 Å². The summed E-state index contributed by atoms with van der Waals surface area (Å²) in [5.41, 5.74) is 5.28. The fraction of sp³-hybridized carbons (Fsp3) is 0.333. The van der Waals surface area contributed by atoms with E-state index in [0.717, 1.165) is 33.4 Å². The molecular weight excluding hydrogens is 539 g/mol. The minimum Gasteiger partial charge on any atom is -0.475 e. The number of ether oxygens (including phenoxy) is 1. The molecule has 41 heavy (non-hydrogen) atoms. The van der Waals surface area contributed by atoms with Gasteiger partial charge in [-0.2, -0.15) is 13.2 Å². The van der Waals surface area contributed by atoms with Gasteiger partial charge in [0, 0.05) is 37.6 Å². The number of piperidine rings is 1. The monoisotopic (exact) mass is 569 g/mol. The Kier molecular flexibility index (Phi) is 8.77. The molecule has 1 fully saturated rings. The van der Waals surface area contributed by atoms with Gasteiger partial charge in [-0.3, -0.25) is 14.6 Å². The number of likely N-dealkylation sites (tertiary alicyclic amines) is 1. The fourth-order valence-electron chi connectivity index (χ4n) is 5.21. The van der Waals surface area contributed by atoms with Crippen molar-refractivity contribution in [2.75, 3.05) is 13.1 Å². The molecule has 2 aliphatic heterocycles. The standard InChI is InChI=1S/C28H29N3O3.C2HF3O2/c1-19-14-20(2)16-22(15-19)27(33)31-12-9-28(10-13-31)24-8-4-3-7-23(24)25(34-28)26(32)30-18-21-6-5-11-29-17-21;3-2(4,5)1(6)7/h3-8,11,14-17,25H,9-10,12-13,18H2,1-2H3,(H,30,32);(H,6,7). The SMILES string of the molecule is Cc1cc(C)cc(C(=O)N2CCC3(CC2)OC(C(=O)NCc2cccnc2)c2ccccc23)c1.O=C(O)C(F)(F)F. The van der Waals surface area contributed by atoms with Crippen LogP contribution in [-0.2, 0) is 26.5 Å². The molecule has 0 saturated carbocycles. The zero-order valence-electron chi connectivity index (χ0n) is 22.6. The number of carboxylic acids is 1. The number of pyridine rings is 1. The van der Waals surface area contributed by atoms with Crippen LogP contribution < -0.4 is 5.32 Å². The van der Waals surface area contributed by atoms with Gasteiger partial charge in [0.15, 0.2) is 6.10 Å². The van der Waals surface area contributed by atoms with Crippen LogP contribution >= 0.6 is 0 Å². The number of nitrogens with zero attached hydrogens (tertiary/aromatic N) is 2. The Hall–Kier alpha value is -4.25. The lowest BCUT2D eigenvalue weighted by Crippen LogP contribution is -2.45. The predicted octanol–water partition coefficient (Wildman–Crippen LogP) is 4.85. The minimum atomic E-state index is -5.08. The zero-order valence-corrected chi connectivity index (χ0v) is 22.6. The van der Waals surface area contributed by atoms with Gasteiger partial charge in [-0.15, -0.1) is 0 Å². The highest BCUT2D eigenvalue weighted by atomic mass is 19.4. The minimum absolute atomic E-state index is 0.0543. The number of hydrogen-bond acceptors (Lipinski definition) is 5. The number of carbonyl (C=O) groups excluding carboxylic acids is 2. The van der Waals surface area contributed by atoms with Crippen molar-refractivity contribution in [3.05, 3.63) is 100 Å². The molecule has 0 radical (unpaired) electrons. The molecule has 2 N–H and O–H groups in total. The lowest BCUT2D eigenvalue weighted by Gasteiger charge is -2.39. The third-order valence-corrected chi connectivity index (χ3v) is 7.07. The van der Waals surface area contributed by atoms with Crippen molar-refractivity contribution in [1.82, 2.24) is 15.2 Å². The molecule has 216 valence electrons. The van der Waals surface area contributed by atoms with Gasteiger partial charge in [-0.1, -0.05) is 47.5 Å². The van der Waals surface area contributed by atoms with Crippen molar-refractivity contribution < 1.29 is 37.4 Å². The van der Waals surface area contributed by atoms with Gasteiger partial charge < -0.3 is 20.1 Å². The van der Waals surface area contributed by atoms with E-state index in [1.54, 1.807) is 12.4 Å². The molecule has 1 spiro atoms. The van der Waals surface area contributed by atoms with Gasteiger partial charge in [0.25, 0.3) is 11.8 Å². The van der Waals surface area contributed by atoms with Crippen LogP contribution in [0.5, 0.6) is 0 Å². The van der Waals surface area contributed by atoms with Gasteiger partial charge >= 0.3 is 12.1 Å². The first kappa shape index (κ1) is 29.7. The normalized spacial score (nSPS) is 17.3. The summed E-state index contributed by atoms with van der Waals surface area (Å²) in [5.74, 6) is -2.85. The summed E-state index contributed by atoms with van der Waals surface area (Å²) in [7, 11) is 0. The van der Waals surface area contributed by atoms with Crippen LogP contribution in [0.3, 0.4) is 0 Å². The Morgan fingerprint density at radius 1 is 1.05 bits per heavy atom. The average molecular weight is 570 g/mol. The van der Waals surface area contributed by atoms with Crippen LogP contribution in [0.25, 0.3) is 0 Å². The van der Waals surface area contributed by atoms with Crippen LogP contribution in [0.15, 0.2) is 67.0 Å². The summed E-state index contributed by atoms with van der Waals surface area (Å²) in [5, 5.41) is 10.1. The number of halogens is 3. The second-order valence-electron chi connectivity index (χ2n) is 10.1. The highest BCUT2D eigenvalue weighted by Crippen LogP contribution is 2.49. The molecule has 1 atom stereocenters. The molecular formula is C30H30F3N3O5. The number of benzene rings is 2. The Balaban J connectivity index is 0.000000493. The Labute approximate surface area is 235 Å². The second kappa shape index (κ2) is 12.1. The molecule has 8 nitrogen and oxygen atoms in total. The van der Waals surface area contributed by atoms with Gasteiger partial charge in [0.1, 0.15) is 0 Å². The number of aliphatic carboxylic acids is 1. The maximum absolute atomic E-state index is 13.2. The summed E-state index contributed by atoms with van der Waals surface area (Å²) in [6.07, 6.45) is -0.967. The van der Waals surface area contributed by atoms with Crippen LogP contribution in [-0.4, -0.2) is 52.0 Å². The molecule has 3 aromatic rings. The first-order valence-electron chi connectivity index (χ1n) is 13.0. The third-order valence-electron chi connectivity index (χ3n) is 7.07. The molecule has 5 rings (SSSR count). The number of fused-ring (bicyclic) bond motifs is 2. The van der Waals surface area contributed by atoms with E-state index in [4.69, 9.17) is 14.6 Å². The molecule has 1 aromatic heterocycles. The molecule has 1 saturated heterocycles. The largest absolute Gasteiger partial charge is 0.490 e. The number of rotatable bonds is 4. The third kappa shape index (κ3) is 6.91. The van der Waals surface area contributed by atoms with Crippen LogP contribution in [0.2, 0.25) is 0 Å². The van der Waals surface area contributed by atoms with E-state index in [2.05, 4.69) is 22.4 Å². The number of nitrogens with one attached hydrogen (secondary N) is 1. The van der Waals surface area contributed by atoms with E-state index >= 15 is 0 Å². The van der Waals surface area contributed by atoms with E-state index in [-0.39, 0.29) is 11.8 Å². The van der Waals surface area contributed by atoms with Gasteiger partial charge in [0.2, 0.25) is 0 Å². The van der Waals surface area contributed by atoms with E-state index in [0.29, 0.717) is 32.5 Å². The van der Waals surface area contributed by atoms with Gasteiger partial charge in [0.05, 0.1) is 5.60 Å². The molecule has 11 heteroatoms. The number of carbonyl (C=O) groups is 3. The van der Waals surface area contributed by atoms with Gasteiger partial charge in [-0.25, -0.2) is 4.79 Å². The number of amides is 2. The topological polar surface area (TPSA) is 109 Å². The molecule has 3 heterocycles. The fourth-order valence-corrected chi connectivity index (χ4v) is 5.21. The van der Waals surface area contributed by atoms with E-state index in [9.17, 15) is 22.8 Å². The number of aromatic nitrogens is 1. The van der Waals surface area contributed by atoms with Gasteiger partial charge in [-0.05, 0) is 61.6 Å². The smallest absolute Gasteiger partial charge is 0.475 e. The molecule has 0 bridgehead atoms.